The lowest BCUT2D eigenvalue weighted by Gasteiger charge is -2.21. The molecule has 6 nitrogen and oxygen atoms in total. The van der Waals surface area contributed by atoms with Gasteiger partial charge < -0.3 is 14.7 Å². The first kappa shape index (κ1) is 22.8. The highest BCUT2D eigenvalue weighted by molar-refractivity contribution is 6.35. The molecule has 1 amide bonds. The number of phenolic OH excluding ortho intramolecular Hbond substituents is 1. The number of carbonyl (C=O) groups is 1. The van der Waals surface area contributed by atoms with Crippen molar-refractivity contribution in [3.05, 3.63) is 52.0 Å². The number of benzene rings is 2. The molecular weight excluding hydrogens is 413 g/mol. The van der Waals surface area contributed by atoms with Gasteiger partial charge in [0.25, 0.3) is 0 Å². The van der Waals surface area contributed by atoms with E-state index in [1.165, 1.54) is 6.21 Å². The molecule has 0 fully saturated rings. The van der Waals surface area contributed by atoms with Crippen molar-refractivity contribution in [2.45, 2.75) is 26.7 Å². The number of hydrogen-bond donors (Lipinski definition) is 2. The molecule has 29 heavy (non-hydrogen) atoms. The Morgan fingerprint density at radius 2 is 1.97 bits per heavy atom. The summed E-state index contributed by atoms with van der Waals surface area (Å²) in [7, 11) is 0. The molecule has 0 aromatic heterocycles. The van der Waals surface area contributed by atoms with Crippen molar-refractivity contribution in [1.82, 2.24) is 5.43 Å². The molecule has 0 saturated heterocycles. The van der Waals surface area contributed by atoms with Gasteiger partial charge in [0.1, 0.15) is 11.5 Å². The topological polar surface area (TPSA) is 74.2 Å². The van der Waals surface area contributed by atoms with E-state index in [4.69, 9.17) is 27.9 Å². The second-order valence-electron chi connectivity index (χ2n) is 6.24. The van der Waals surface area contributed by atoms with Crippen LogP contribution in [0.25, 0.3) is 0 Å². The molecule has 0 radical (unpaired) electrons. The van der Waals surface area contributed by atoms with Gasteiger partial charge in [0.2, 0.25) is 5.91 Å². The number of carbonyl (C=O) groups excluding carboxylic acids is 1. The smallest absolute Gasteiger partial charge is 0.240 e. The summed E-state index contributed by atoms with van der Waals surface area (Å²) in [6.45, 7) is 6.16. The molecule has 0 saturated carbocycles. The average Bonchev–Trinajstić information content (AvgIpc) is 2.69. The molecule has 2 aromatic rings. The number of aromatic hydroxyl groups is 1. The molecule has 0 atom stereocenters. The first-order valence-electron chi connectivity index (χ1n) is 9.42. The fraction of sp³-hybridized carbons (Fsp3) is 0.333. The van der Waals surface area contributed by atoms with Crippen LogP contribution in [-0.2, 0) is 4.79 Å². The highest BCUT2D eigenvalue weighted by atomic mass is 35.5. The van der Waals surface area contributed by atoms with E-state index in [-0.39, 0.29) is 18.1 Å². The Hall–Kier alpha value is -2.44. The molecule has 0 aliphatic carbocycles. The lowest BCUT2D eigenvalue weighted by atomic mass is 10.2. The average molecular weight is 438 g/mol. The minimum Gasteiger partial charge on any atom is -0.507 e. The number of rotatable bonds is 10. The molecule has 8 heteroatoms. The third-order valence-electron chi connectivity index (χ3n) is 4.24. The van der Waals surface area contributed by atoms with Crippen LogP contribution >= 0.6 is 23.2 Å². The summed E-state index contributed by atoms with van der Waals surface area (Å²) < 4.78 is 5.53. The van der Waals surface area contributed by atoms with Crippen molar-refractivity contribution in [2.24, 2.45) is 5.10 Å². The quantitative estimate of drug-likeness (QED) is 0.316. The Balaban J connectivity index is 1.76. The molecular formula is C21H25Cl2N3O3. The van der Waals surface area contributed by atoms with Gasteiger partial charge in [0.15, 0.2) is 0 Å². The zero-order valence-corrected chi connectivity index (χ0v) is 18.0. The number of ether oxygens (including phenoxy) is 1. The van der Waals surface area contributed by atoms with Crippen LogP contribution < -0.4 is 15.1 Å². The summed E-state index contributed by atoms with van der Waals surface area (Å²) in [6.07, 6.45) is 2.17. The van der Waals surface area contributed by atoms with Crippen LogP contribution in [0.2, 0.25) is 10.0 Å². The molecule has 0 unspecified atom stereocenters. The number of hydrogen-bond acceptors (Lipinski definition) is 5. The van der Waals surface area contributed by atoms with Gasteiger partial charge in [-0.1, -0.05) is 23.2 Å². The maximum Gasteiger partial charge on any atom is 0.240 e. The second kappa shape index (κ2) is 11.5. The Morgan fingerprint density at radius 1 is 1.21 bits per heavy atom. The van der Waals surface area contributed by atoms with Gasteiger partial charge >= 0.3 is 0 Å². The Labute approximate surface area is 181 Å². The summed E-state index contributed by atoms with van der Waals surface area (Å²) in [6, 6.07) is 10.3. The van der Waals surface area contributed by atoms with Crippen molar-refractivity contribution in [1.29, 1.82) is 0 Å². The van der Waals surface area contributed by atoms with Crippen molar-refractivity contribution in [3.8, 4) is 11.5 Å². The first-order chi connectivity index (χ1) is 13.9. The van der Waals surface area contributed by atoms with Gasteiger partial charge in [0, 0.05) is 41.9 Å². The van der Waals surface area contributed by atoms with E-state index in [0.717, 1.165) is 18.8 Å². The van der Waals surface area contributed by atoms with Gasteiger partial charge in [-0.2, -0.15) is 5.10 Å². The SMILES string of the molecule is CCN(CC)c1ccc(/C=N\NC(=O)CCCOc2ccc(Cl)cc2Cl)c(O)c1. The van der Waals surface area contributed by atoms with Crippen LogP contribution in [0.3, 0.4) is 0 Å². The van der Waals surface area contributed by atoms with E-state index in [2.05, 4.69) is 29.3 Å². The van der Waals surface area contributed by atoms with Crippen LogP contribution in [0, 0.1) is 0 Å². The maximum absolute atomic E-state index is 11.9. The Bertz CT molecular complexity index is 855. The molecule has 0 aliphatic rings. The molecule has 2 N–H and O–H groups in total. The molecule has 156 valence electrons. The van der Waals surface area contributed by atoms with E-state index < -0.39 is 0 Å². The predicted octanol–water partition coefficient (Wildman–Crippen LogP) is 4.85. The lowest BCUT2D eigenvalue weighted by molar-refractivity contribution is -0.121. The molecule has 0 bridgehead atoms. The van der Waals surface area contributed by atoms with E-state index in [0.29, 0.717) is 34.4 Å². The van der Waals surface area contributed by atoms with Crippen LogP contribution in [-0.4, -0.2) is 36.9 Å². The largest absolute Gasteiger partial charge is 0.507 e. The van der Waals surface area contributed by atoms with Crippen LogP contribution in [0.4, 0.5) is 5.69 Å². The maximum atomic E-state index is 11.9. The summed E-state index contributed by atoms with van der Waals surface area (Å²) in [4.78, 5) is 14.0. The molecule has 0 spiro atoms. The van der Waals surface area contributed by atoms with Crippen LogP contribution in [0.1, 0.15) is 32.3 Å². The van der Waals surface area contributed by atoms with Crippen molar-refractivity contribution >= 4 is 41.0 Å². The monoisotopic (exact) mass is 437 g/mol. The van der Waals surface area contributed by atoms with E-state index in [1.807, 2.05) is 6.07 Å². The third kappa shape index (κ3) is 7.15. The van der Waals surface area contributed by atoms with E-state index >= 15 is 0 Å². The molecule has 0 heterocycles. The second-order valence-corrected chi connectivity index (χ2v) is 7.08. The van der Waals surface area contributed by atoms with Gasteiger partial charge in [-0.3, -0.25) is 4.79 Å². The summed E-state index contributed by atoms with van der Waals surface area (Å²) in [5.74, 6) is 0.394. The van der Waals surface area contributed by atoms with Gasteiger partial charge in [-0.05, 0) is 50.6 Å². The van der Waals surface area contributed by atoms with Gasteiger partial charge in [-0.25, -0.2) is 5.43 Å². The number of nitrogens with zero attached hydrogens (tertiary/aromatic N) is 2. The summed E-state index contributed by atoms with van der Waals surface area (Å²) >= 11 is 11.9. The van der Waals surface area contributed by atoms with Crippen LogP contribution in [0.15, 0.2) is 41.5 Å². The number of nitrogens with one attached hydrogen (secondary N) is 1. The fourth-order valence-corrected chi connectivity index (χ4v) is 3.13. The van der Waals surface area contributed by atoms with Gasteiger partial charge in [0.05, 0.1) is 17.8 Å². The number of amides is 1. The zero-order valence-electron chi connectivity index (χ0n) is 16.5. The number of hydrazone groups is 1. The van der Waals surface area contributed by atoms with Crippen molar-refractivity contribution in [3.63, 3.8) is 0 Å². The minimum absolute atomic E-state index is 0.112. The molecule has 2 aromatic carbocycles. The van der Waals surface area contributed by atoms with E-state index in [1.54, 1.807) is 30.3 Å². The first-order valence-corrected chi connectivity index (χ1v) is 10.2. The normalized spacial score (nSPS) is 10.9. The highest BCUT2D eigenvalue weighted by Crippen LogP contribution is 2.27. The minimum atomic E-state index is -0.244. The number of halogens is 2. The Morgan fingerprint density at radius 3 is 2.62 bits per heavy atom. The third-order valence-corrected chi connectivity index (χ3v) is 4.77. The van der Waals surface area contributed by atoms with E-state index in [9.17, 15) is 9.90 Å². The van der Waals surface area contributed by atoms with Crippen molar-refractivity contribution < 1.29 is 14.6 Å². The number of phenols is 1. The lowest BCUT2D eigenvalue weighted by Crippen LogP contribution is -2.21. The molecule has 0 aliphatic heterocycles. The standard InChI is InChI=1S/C21H25Cl2N3O3/c1-3-26(4-2)17-9-7-15(19(27)13-17)14-24-25-21(28)6-5-11-29-20-10-8-16(22)12-18(20)23/h7-10,12-14,27H,3-6,11H2,1-2H3,(H,25,28)/b24-14-. The highest BCUT2D eigenvalue weighted by Gasteiger charge is 2.06. The summed E-state index contributed by atoms with van der Waals surface area (Å²) in [5, 5.41) is 15.0. The van der Waals surface area contributed by atoms with Crippen molar-refractivity contribution in [2.75, 3.05) is 24.6 Å². The van der Waals surface area contributed by atoms with Crippen LogP contribution in [0.5, 0.6) is 11.5 Å². The zero-order chi connectivity index (χ0) is 21.2. The Kier molecular flexibility index (Phi) is 9.09. The predicted molar refractivity (Wildman–Crippen MR) is 119 cm³/mol. The summed E-state index contributed by atoms with van der Waals surface area (Å²) in [5.41, 5.74) is 3.91. The fourth-order valence-electron chi connectivity index (χ4n) is 2.66. The van der Waals surface area contributed by atoms with Gasteiger partial charge in [-0.15, -0.1) is 0 Å². The molecule has 2 rings (SSSR count). The number of anilines is 1.